The molecule has 0 aliphatic rings. The highest BCUT2D eigenvalue weighted by Crippen LogP contribution is 2.36. The van der Waals surface area contributed by atoms with E-state index in [-0.39, 0.29) is 0 Å². The number of unbranched alkanes of at least 4 members (excludes halogenated alkanes) is 2. The van der Waals surface area contributed by atoms with Crippen LogP contribution in [0.4, 0.5) is 0 Å². The predicted molar refractivity (Wildman–Crippen MR) is 75.1 cm³/mol. The maximum absolute atomic E-state index is 8.53. The van der Waals surface area contributed by atoms with Crippen molar-refractivity contribution in [1.82, 2.24) is 0 Å². The van der Waals surface area contributed by atoms with Crippen molar-refractivity contribution in [3.8, 4) is 11.5 Å². The van der Waals surface area contributed by atoms with Gasteiger partial charge in [0.2, 0.25) is 0 Å². The van der Waals surface area contributed by atoms with Crippen LogP contribution in [0, 0.1) is 0 Å². The Bertz CT molecular complexity index is 407. The molecule has 0 bridgehead atoms. The zero-order valence-corrected chi connectivity index (χ0v) is 12.2. The Labute approximate surface area is 116 Å². The molecule has 0 amide bonds. The van der Waals surface area contributed by atoms with Gasteiger partial charge in [-0.1, -0.05) is 24.9 Å². The lowest BCUT2D eigenvalue weighted by molar-refractivity contribution is 0.284. The summed E-state index contributed by atoms with van der Waals surface area (Å²) in [6.45, 7) is 2.82. The van der Waals surface area contributed by atoms with E-state index in [1.165, 1.54) is 6.21 Å². The first-order chi connectivity index (χ1) is 8.72. The zero-order chi connectivity index (χ0) is 13.4. The molecule has 1 rings (SSSR count). The van der Waals surface area contributed by atoms with Crippen molar-refractivity contribution in [2.24, 2.45) is 5.16 Å². The fourth-order valence-electron chi connectivity index (χ4n) is 1.55. The number of halogens is 1. The normalized spacial score (nSPS) is 10.8. The Morgan fingerprint density at radius 1 is 1.39 bits per heavy atom. The fraction of sp³-hybridized carbons (Fsp3) is 0.462. The number of oxime groups is 1. The Balaban J connectivity index is 2.82. The lowest BCUT2D eigenvalue weighted by Crippen LogP contribution is -2.01. The molecule has 0 aliphatic heterocycles. The van der Waals surface area contributed by atoms with Gasteiger partial charge in [-0.2, -0.15) is 0 Å². The minimum atomic E-state index is 0.621. The van der Waals surface area contributed by atoms with E-state index >= 15 is 0 Å². The van der Waals surface area contributed by atoms with E-state index in [0.29, 0.717) is 18.1 Å². The highest BCUT2D eigenvalue weighted by Gasteiger charge is 2.11. The lowest BCUT2D eigenvalue weighted by Gasteiger charge is -2.13. The van der Waals surface area contributed by atoms with Crippen molar-refractivity contribution in [2.75, 3.05) is 13.7 Å². The summed E-state index contributed by atoms with van der Waals surface area (Å²) in [4.78, 5) is 0. The van der Waals surface area contributed by atoms with E-state index in [2.05, 4.69) is 28.0 Å². The molecule has 0 fully saturated rings. The van der Waals surface area contributed by atoms with Gasteiger partial charge in [0.15, 0.2) is 11.5 Å². The molecule has 0 aliphatic carbocycles. The third kappa shape index (κ3) is 4.22. The van der Waals surface area contributed by atoms with Crippen LogP contribution in [0.25, 0.3) is 0 Å². The van der Waals surface area contributed by atoms with Gasteiger partial charge in [0.25, 0.3) is 0 Å². The van der Waals surface area contributed by atoms with Crippen LogP contribution in [-0.4, -0.2) is 25.1 Å². The van der Waals surface area contributed by atoms with Gasteiger partial charge >= 0.3 is 0 Å². The molecule has 0 saturated carbocycles. The molecule has 0 atom stereocenters. The van der Waals surface area contributed by atoms with Crippen molar-refractivity contribution in [3.63, 3.8) is 0 Å². The van der Waals surface area contributed by atoms with Crippen molar-refractivity contribution in [1.29, 1.82) is 0 Å². The van der Waals surface area contributed by atoms with E-state index in [1.54, 1.807) is 13.2 Å². The molecular weight excluding hydrogens is 298 g/mol. The van der Waals surface area contributed by atoms with E-state index in [1.807, 2.05) is 6.07 Å². The van der Waals surface area contributed by atoms with Gasteiger partial charge in [-0.15, -0.1) is 0 Å². The molecule has 0 aromatic heterocycles. The third-order valence-corrected chi connectivity index (χ3v) is 3.04. The van der Waals surface area contributed by atoms with Gasteiger partial charge in [-0.25, -0.2) is 0 Å². The van der Waals surface area contributed by atoms with Gasteiger partial charge in [0.05, 0.1) is 24.4 Å². The quantitative estimate of drug-likeness (QED) is 0.360. The topological polar surface area (TPSA) is 51.0 Å². The van der Waals surface area contributed by atoms with Gasteiger partial charge in [-0.3, -0.25) is 0 Å². The number of hydrogen-bond acceptors (Lipinski definition) is 4. The van der Waals surface area contributed by atoms with Crippen molar-refractivity contribution < 1.29 is 14.7 Å². The maximum Gasteiger partial charge on any atom is 0.175 e. The molecule has 1 aromatic carbocycles. The molecule has 0 unspecified atom stereocenters. The van der Waals surface area contributed by atoms with Crippen molar-refractivity contribution in [3.05, 3.63) is 22.2 Å². The zero-order valence-electron chi connectivity index (χ0n) is 10.6. The first kappa shape index (κ1) is 14.8. The highest BCUT2D eigenvalue weighted by atomic mass is 79.9. The van der Waals surface area contributed by atoms with Crippen LogP contribution in [0.3, 0.4) is 0 Å². The average Bonchev–Trinajstić information content (AvgIpc) is 2.36. The van der Waals surface area contributed by atoms with Gasteiger partial charge in [0.1, 0.15) is 0 Å². The molecule has 18 heavy (non-hydrogen) atoms. The summed E-state index contributed by atoms with van der Waals surface area (Å²) >= 11 is 3.43. The van der Waals surface area contributed by atoms with Crippen LogP contribution < -0.4 is 9.47 Å². The van der Waals surface area contributed by atoms with Crippen LogP contribution in [0.15, 0.2) is 21.8 Å². The second kappa shape index (κ2) is 7.97. The standard InChI is InChI=1S/C13H18BrNO3/c1-3-4-5-6-18-13-11(14)7-10(9-15-16)8-12(13)17-2/h7-9,16H,3-6H2,1-2H3. The number of benzene rings is 1. The summed E-state index contributed by atoms with van der Waals surface area (Å²) in [5.74, 6) is 1.31. The van der Waals surface area contributed by atoms with Gasteiger partial charge < -0.3 is 14.7 Å². The average molecular weight is 316 g/mol. The first-order valence-electron chi connectivity index (χ1n) is 5.90. The first-order valence-corrected chi connectivity index (χ1v) is 6.70. The molecule has 1 N–H and O–H groups in total. The third-order valence-electron chi connectivity index (χ3n) is 2.45. The van der Waals surface area contributed by atoms with Crippen LogP contribution in [-0.2, 0) is 0 Å². The van der Waals surface area contributed by atoms with Crippen LogP contribution >= 0.6 is 15.9 Å². The Hall–Kier alpha value is -1.23. The van der Waals surface area contributed by atoms with Crippen molar-refractivity contribution >= 4 is 22.1 Å². The largest absolute Gasteiger partial charge is 0.493 e. The number of methoxy groups -OCH3 is 1. The second-order valence-electron chi connectivity index (χ2n) is 3.83. The molecular formula is C13H18BrNO3. The summed E-state index contributed by atoms with van der Waals surface area (Å²) in [6, 6.07) is 3.58. The van der Waals surface area contributed by atoms with E-state index in [4.69, 9.17) is 14.7 Å². The maximum atomic E-state index is 8.53. The number of ether oxygens (including phenoxy) is 2. The van der Waals surface area contributed by atoms with Crippen molar-refractivity contribution in [2.45, 2.75) is 26.2 Å². The smallest absolute Gasteiger partial charge is 0.175 e. The van der Waals surface area contributed by atoms with E-state index in [0.717, 1.165) is 29.3 Å². The van der Waals surface area contributed by atoms with E-state index < -0.39 is 0 Å². The number of nitrogens with zero attached hydrogens (tertiary/aromatic N) is 1. The molecule has 0 spiro atoms. The van der Waals surface area contributed by atoms with Gasteiger partial charge in [0, 0.05) is 5.56 Å². The summed E-state index contributed by atoms with van der Waals surface area (Å²) in [5, 5.41) is 11.5. The van der Waals surface area contributed by atoms with Crippen LogP contribution in [0.2, 0.25) is 0 Å². The summed E-state index contributed by atoms with van der Waals surface area (Å²) in [6.07, 6.45) is 4.67. The fourth-order valence-corrected chi connectivity index (χ4v) is 2.12. The number of rotatable bonds is 7. The Morgan fingerprint density at radius 3 is 2.78 bits per heavy atom. The SMILES string of the molecule is CCCCCOc1c(Br)cc(C=NO)cc1OC. The van der Waals surface area contributed by atoms with Crippen LogP contribution in [0.5, 0.6) is 11.5 Å². The molecule has 4 nitrogen and oxygen atoms in total. The molecule has 100 valence electrons. The van der Waals surface area contributed by atoms with Crippen LogP contribution in [0.1, 0.15) is 31.7 Å². The summed E-state index contributed by atoms with van der Waals surface area (Å²) in [5.41, 5.74) is 0.738. The Morgan fingerprint density at radius 2 is 2.17 bits per heavy atom. The molecule has 0 radical (unpaired) electrons. The predicted octanol–water partition coefficient (Wildman–Crippen LogP) is 3.83. The highest BCUT2D eigenvalue weighted by molar-refractivity contribution is 9.10. The molecule has 1 aromatic rings. The molecule has 0 saturated heterocycles. The summed E-state index contributed by atoms with van der Waals surface area (Å²) < 4.78 is 11.8. The number of hydrogen-bond donors (Lipinski definition) is 1. The monoisotopic (exact) mass is 315 g/mol. The molecule has 0 heterocycles. The minimum absolute atomic E-state index is 0.621. The van der Waals surface area contributed by atoms with E-state index in [9.17, 15) is 0 Å². The lowest BCUT2D eigenvalue weighted by atomic mass is 10.2. The Kier molecular flexibility index (Phi) is 6.57. The second-order valence-corrected chi connectivity index (χ2v) is 4.69. The van der Waals surface area contributed by atoms with Gasteiger partial charge in [-0.05, 0) is 34.5 Å². The molecule has 5 heteroatoms. The minimum Gasteiger partial charge on any atom is -0.493 e. The summed E-state index contributed by atoms with van der Waals surface area (Å²) in [7, 11) is 1.58.